The fraction of sp³-hybridized carbons (Fsp3) is 0.200. The van der Waals surface area contributed by atoms with Gasteiger partial charge in [0.25, 0.3) is 5.91 Å². The summed E-state index contributed by atoms with van der Waals surface area (Å²) in [7, 11) is 0. The van der Waals surface area contributed by atoms with Gasteiger partial charge in [0.2, 0.25) is 0 Å². The van der Waals surface area contributed by atoms with E-state index in [0.29, 0.717) is 55.1 Å². The first-order valence-corrected chi connectivity index (χ1v) is 14.5. The normalized spacial score (nSPS) is 14.7. The third-order valence-corrected chi connectivity index (χ3v) is 7.09. The molecule has 3 N–H and O–H groups in total. The number of hydrazone groups is 1. The van der Waals surface area contributed by atoms with Crippen molar-refractivity contribution in [1.82, 2.24) is 16.1 Å². The summed E-state index contributed by atoms with van der Waals surface area (Å²) in [4.78, 5) is 25.3. The largest absolute Gasteiger partial charge is 0.486 e. The highest BCUT2D eigenvalue weighted by atomic mass is 79.9. The summed E-state index contributed by atoms with van der Waals surface area (Å²) in [5.41, 5.74) is 5.67. The Morgan fingerprint density at radius 1 is 1.12 bits per heavy atom. The van der Waals surface area contributed by atoms with Crippen LogP contribution in [0.25, 0.3) is 0 Å². The van der Waals surface area contributed by atoms with Crippen LogP contribution in [0.5, 0.6) is 11.5 Å². The zero-order valence-corrected chi connectivity index (χ0v) is 25.9. The number of hydrogen-bond acceptors (Lipinski definition) is 7. The number of carbonyl (C=O) groups is 2. The molecule has 12 heteroatoms. The maximum atomic E-state index is 12.7. The predicted molar refractivity (Wildman–Crippen MR) is 169 cm³/mol. The van der Waals surface area contributed by atoms with Gasteiger partial charge in [-0.15, -0.1) is 0 Å². The Morgan fingerprint density at radius 2 is 1.86 bits per heavy atom. The quantitative estimate of drug-likeness (QED) is 0.105. The van der Waals surface area contributed by atoms with Gasteiger partial charge in [-0.2, -0.15) is 5.10 Å². The molecule has 9 nitrogen and oxygen atoms in total. The standard InChI is InChI=1S/C30H28BrClN4O5S/c1-3-39-29(38)26-18(2)34-30(42)35-27(26)21-11-7-8-12-24(21)40-17-25(37)36-33-15-20-13-22(31)28(23(32)14-20)41-16-19-9-5-4-6-10-19/h4-15,27H,3,16-17H2,1-2H3,(H,36,37)(H2,34,35,42)/t27-/m0/s1. The summed E-state index contributed by atoms with van der Waals surface area (Å²) in [6.07, 6.45) is 1.46. The number of hydrogen-bond donors (Lipinski definition) is 3. The van der Waals surface area contributed by atoms with Crippen LogP contribution >= 0.6 is 39.7 Å². The summed E-state index contributed by atoms with van der Waals surface area (Å²) < 4.78 is 17.6. The van der Waals surface area contributed by atoms with Crippen molar-refractivity contribution in [2.45, 2.75) is 26.5 Å². The molecule has 1 amide bonds. The average molecular weight is 672 g/mol. The molecule has 1 aliphatic heterocycles. The lowest BCUT2D eigenvalue weighted by Crippen LogP contribution is -2.45. The minimum atomic E-state index is -0.627. The second kappa shape index (κ2) is 14.8. The van der Waals surface area contributed by atoms with Crippen molar-refractivity contribution < 1.29 is 23.8 Å². The van der Waals surface area contributed by atoms with E-state index in [-0.39, 0.29) is 13.2 Å². The zero-order valence-electron chi connectivity index (χ0n) is 22.8. The molecule has 1 atom stereocenters. The number of nitrogens with one attached hydrogen (secondary N) is 3. The van der Waals surface area contributed by atoms with Crippen LogP contribution < -0.4 is 25.5 Å². The molecule has 0 radical (unpaired) electrons. The van der Waals surface area contributed by atoms with E-state index in [0.717, 1.165) is 5.56 Å². The molecule has 42 heavy (non-hydrogen) atoms. The van der Waals surface area contributed by atoms with Crippen LogP contribution in [0.3, 0.4) is 0 Å². The topological polar surface area (TPSA) is 110 Å². The van der Waals surface area contributed by atoms with Gasteiger partial charge in [0.15, 0.2) is 17.5 Å². The number of allylic oxidation sites excluding steroid dienone is 1. The lowest BCUT2D eigenvalue weighted by molar-refractivity contribution is -0.139. The fourth-order valence-corrected chi connectivity index (χ4v) is 5.39. The van der Waals surface area contributed by atoms with Crippen molar-refractivity contribution in [1.29, 1.82) is 0 Å². The molecule has 0 saturated carbocycles. The molecular formula is C30H28BrClN4O5S. The van der Waals surface area contributed by atoms with Crippen LogP contribution in [0.2, 0.25) is 5.02 Å². The number of nitrogens with zero attached hydrogens (tertiary/aromatic N) is 1. The fourth-order valence-electron chi connectivity index (χ4n) is 4.13. The highest BCUT2D eigenvalue weighted by Gasteiger charge is 2.32. The van der Waals surface area contributed by atoms with E-state index in [9.17, 15) is 9.59 Å². The minimum Gasteiger partial charge on any atom is -0.486 e. The van der Waals surface area contributed by atoms with Crippen LogP contribution in [0.15, 0.2) is 87.6 Å². The summed E-state index contributed by atoms with van der Waals surface area (Å²) in [5, 5.41) is 10.8. The number of ether oxygens (including phenoxy) is 3. The van der Waals surface area contributed by atoms with Gasteiger partial charge < -0.3 is 24.8 Å². The summed E-state index contributed by atoms with van der Waals surface area (Å²) in [6, 6.07) is 19.6. The van der Waals surface area contributed by atoms with Gasteiger partial charge in [0.1, 0.15) is 12.4 Å². The van der Waals surface area contributed by atoms with Gasteiger partial charge in [-0.05, 0) is 71.3 Å². The van der Waals surface area contributed by atoms with Crippen molar-refractivity contribution in [3.63, 3.8) is 0 Å². The highest BCUT2D eigenvalue weighted by Crippen LogP contribution is 2.35. The Labute approximate surface area is 262 Å². The van der Waals surface area contributed by atoms with E-state index >= 15 is 0 Å². The van der Waals surface area contributed by atoms with Crippen LogP contribution in [-0.2, 0) is 20.9 Å². The third kappa shape index (κ3) is 8.09. The minimum absolute atomic E-state index is 0.223. The molecule has 3 aromatic rings. The van der Waals surface area contributed by atoms with E-state index in [4.69, 9.17) is 38.0 Å². The van der Waals surface area contributed by atoms with Crippen molar-refractivity contribution in [2.75, 3.05) is 13.2 Å². The molecule has 0 aliphatic carbocycles. The van der Waals surface area contributed by atoms with Crippen molar-refractivity contribution in [3.8, 4) is 11.5 Å². The molecule has 0 bridgehead atoms. The van der Waals surface area contributed by atoms with Crippen LogP contribution in [0, 0.1) is 0 Å². The van der Waals surface area contributed by atoms with E-state index in [1.807, 2.05) is 30.3 Å². The van der Waals surface area contributed by atoms with Crippen molar-refractivity contribution in [2.24, 2.45) is 5.10 Å². The Morgan fingerprint density at radius 3 is 2.60 bits per heavy atom. The second-order valence-electron chi connectivity index (χ2n) is 9.00. The number of amides is 1. The SMILES string of the molecule is CCOC(=O)C1=C(C)NC(=S)N[C@H]1c1ccccc1OCC(=O)NN=Cc1cc(Cl)c(OCc2ccccc2)c(Br)c1. The monoisotopic (exact) mass is 670 g/mol. The summed E-state index contributed by atoms with van der Waals surface area (Å²) in [6.45, 7) is 3.75. The average Bonchev–Trinajstić information content (AvgIpc) is 2.96. The van der Waals surface area contributed by atoms with E-state index in [1.54, 1.807) is 50.2 Å². The van der Waals surface area contributed by atoms with Crippen LogP contribution in [0.1, 0.15) is 36.6 Å². The van der Waals surface area contributed by atoms with Gasteiger partial charge in [-0.25, -0.2) is 10.2 Å². The van der Waals surface area contributed by atoms with E-state index in [2.05, 4.69) is 37.1 Å². The number of rotatable bonds is 11. The number of para-hydroxylation sites is 1. The lowest BCUT2D eigenvalue weighted by atomic mass is 9.95. The second-order valence-corrected chi connectivity index (χ2v) is 10.7. The first kappa shape index (κ1) is 31.0. The number of halogens is 2. The molecule has 0 aromatic heterocycles. The van der Waals surface area contributed by atoms with E-state index < -0.39 is 17.9 Å². The van der Waals surface area contributed by atoms with Crippen LogP contribution in [0.4, 0.5) is 0 Å². The van der Waals surface area contributed by atoms with E-state index in [1.165, 1.54) is 6.21 Å². The molecule has 1 aliphatic rings. The number of carbonyl (C=O) groups excluding carboxylic acids is 2. The van der Waals surface area contributed by atoms with Gasteiger partial charge >= 0.3 is 5.97 Å². The lowest BCUT2D eigenvalue weighted by Gasteiger charge is -2.30. The third-order valence-electron chi connectivity index (χ3n) is 6.00. The summed E-state index contributed by atoms with van der Waals surface area (Å²) >= 11 is 15.2. The number of benzene rings is 3. The molecule has 0 saturated heterocycles. The maximum Gasteiger partial charge on any atom is 0.338 e. The van der Waals surface area contributed by atoms with Crippen molar-refractivity contribution in [3.05, 3.63) is 104 Å². The Kier molecular flexibility index (Phi) is 10.9. The first-order chi connectivity index (χ1) is 20.3. The predicted octanol–water partition coefficient (Wildman–Crippen LogP) is 5.57. The molecule has 3 aromatic carbocycles. The molecule has 0 spiro atoms. The van der Waals surface area contributed by atoms with Gasteiger partial charge in [-0.3, -0.25) is 4.79 Å². The molecular weight excluding hydrogens is 644 g/mol. The smallest absolute Gasteiger partial charge is 0.338 e. The summed E-state index contributed by atoms with van der Waals surface area (Å²) in [5.74, 6) is -0.0590. The Balaban J connectivity index is 1.38. The van der Waals surface area contributed by atoms with Gasteiger partial charge in [-0.1, -0.05) is 60.1 Å². The molecule has 0 fully saturated rings. The zero-order chi connectivity index (χ0) is 30.1. The molecule has 4 rings (SSSR count). The van der Waals surface area contributed by atoms with Crippen molar-refractivity contribution >= 4 is 63.0 Å². The number of thiocarbonyl (C=S) groups is 1. The maximum absolute atomic E-state index is 12.7. The molecule has 218 valence electrons. The molecule has 0 unspecified atom stereocenters. The van der Waals surface area contributed by atoms with Gasteiger partial charge in [0.05, 0.1) is 33.9 Å². The Bertz CT molecular complexity index is 1510. The molecule has 1 heterocycles. The Hall–Kier alpha value is -3.93. The van der Waals surface area contributed by atoms with Crippen LogP contribution in [-0.4, -0.2) is 36.4 Å². The van der Waals surface area contributed by atoms with Gasteiger partial charge in [0, 0.05) is 11.3 Å². The highest BCUT2D eigenvalue weighted by molar-refractivity contribution is 9.10. The number of esters is 1. The first-order valence-electron chi connectivity index (χ1n) is 12.9.